The van der Waals surface area contributed by atoms with Gasteiger partial charge >= 0.3 is 6.61 Å². The Balaban J connectivity index is 2.33. The molecule has 0 radical (unpaired) electrons. The van der Waals surface area contributed by atoms with Crippen molar-refractivity contribution < 1.29 is 30.4 Å². The van der Waals surface area contributed by atoms with Crippen LogP contribution in [0.25, 0.3) is 0 Å². The number of rotatable bonds is 7. The Morgan fingerprint density at radius 1 is 0.962 bits per heavy atom. The molecule has 0 fully saturated rings. The first-order valence-electron chi connectivity index (χ1n) is 7.37. The van der Waals surface area contributed by atoms with Gasteiger partial charge in [-0.3, -0.25) is 0 Å². The maximum absolute atomic E-state index is 12.6. The van der Waals surface area contributed by atoms with Crippen LogP contribution in [0.4, 0.5) is 8.78 Å². The van der Waals surface area contributed by atoms with Crippen molar-refractivity contribution >= 4 is 19.9 Å². The molecule has 0 aromatic heterocycles. The van der Waals surface area contributed by atoms with Gasteiger partial charge in [-0.05, 0) is 36.8 Å². The molecule has 0 spiro atoms. The second-order valence-electron chi connectivity index (χ2n) is 5.51. The number of halogens is 2. The topological polar surface area (TPSA) is 89.5 Å². The Morgan fingerprint density at radius 3 is 2.15 bits per heavy atom. The van der Waals surface area contributed by atoms with Crippen molar-refractivity contribution in [1.29, 1.82) is 0 Å². The third-order valence-corrected chi connectivity index (χ3v) is 6.34. The minimum Gasteiger partial charge on any atom is -0.435 e. The van der Waals surface area contributed by atoms with E-state index in [1.54, 1.807) is 0 Å². The number of sulfonamides is 1. The number of hydrogen-bond acceptors (Lipinski definition) is 5. The molecule has 1 atom stereocenters. The highest BCUT2D eigenvalue weighted by molar-refractivity contribution is 7.93. The second kappa shape index (κ2) is 7.68. The van der Waals surface area contributed by atoms with Crippen molar-refractivity contribution in [1.82, 2.24) is 4.72 Å². The van der Waals surface area contributed by atoms with Crippen molar-refractivity contribution in [2.24, 2.45) is 0 Å². The van der Waals surface area contributed by atoms with E-state index in [1.165, 1.54) is 55.5 Å². The Morgan fingerprint density at radius 2 is 1.58 bits per heavy atom. The zero-order valence-electron chi connectivity index (χ0n) is 13.9. The van der Waals surface area contributed by atoms with Gasteiger partial charge in [-0.25, -0.2) is 21.6 Å². The summed E-state index contributed by atoms with van der Waals surface area (Å²) in [5.74, 6) is -0.111. The van der Waals surface area contributed by atoms with Gasteiger partial charge in [0.1, 0.15) is 10.6 Å². The normalized spacial score (nSPS) is 13.6. The molecule has 2 aromatic rings. The molecule has 0 saturated carbocycles. The molecule has 0 aliphatic carbocycles. The van der Waals surface area contributed by atoms with Crippen LogP contribution in [0.2, 0.25) is 0 Å². The Bertz CT molecular complexity index is 991. The Kier molecular flexibility index (Phi) is 5.99. The fraction of sp³-hybridized carbons (Fsp3) is 0.250. The van der Waals surface area contributed by atoms with Crippen molar-refractivity contribution in [3.8, 4) is 5.75 Å². The molecule has 6 nitrogen and oxygen atoms in total. The molecule has 142 valence electrons. The summed E-state index contributed by atoms with van der Waals surface area (Å²) in [6.07, 6.45) is 0.913. The van der Waals surface area contributed by atoms with Crippen LogP contribution in [-0.2, 0) is 19.9 Å². The highest BCUT2D eigenvalue weighted by Crippen LogP contribution is 2.25. The van der Waals surface area contributed by atoms with E-state index >= 15 is 0 Å². The molecular weight excluding hydrogens is 388 g/mol. The number of ether oxygens (including phenoxy) is 1. The SMILES string of the molecule is CC(NS(=O)(=O)c1ccccc1S(C)(=O)=O)c1cccc(OC(F)F)c1. The van der Waals surface area contributed by atoms with Gasteiger partial charge in [0.15, 0.2) is 9.84 Å². The molecule has 0 amide bonds. The second-order valence-corrected chi connectivity index (χ2v) is 9.18. The molecule has 0 bridgehead atoms. The molecular formula is C16H17F2NO5S2. The number of sulfone groups is 1. The van der Waals surface area contributed by atoms with Gasteiger partial charge in [0, 0.05) is 12.3 Å². The average Bonchev–Trinajstić information content (AvgIpc) is 2.53. The molecule has 1 N–H and O–H groups in total. The van der Waals surface area contributed by atoms with Gasteiger partial charge in [0.25, 0.3) is 0 Å². The minimum atomic E-state index is -4.18. The Hall–Kier alpha value is -2.04. The summed E-state index contributed by atoms with van der Waals surface area (Å²) in [6, 6.07) is 9.98. The molecule has 0 aliphatic rings. The summed E-state index contributed by atoms with van der Waals surface area (Å²) >= 11 is 0. The highest BCUT2D eigenvalue weighted by atomic mass is 32.2. The number of alkyl halides is 2. The maximum atomic E-state index is 12.6. The van der Waals surface area contributed by atoms with Crippen LogP contribution in [-0.4, -0.2) is 29.7 Å². The predicted octanol–water partition coefficient (Wildman–Crippen LogP) is 2.73. The molecule has 0 aliphatic heterocycles. The van der Waals surface area contributed by atoms with Crippen LogP contribution in [0.1, 0.15) is 18.5 Å². The van der Waals surface area contributed by atoms with E-state index in [1.807, 2.05) is 0 Å². The molecule has 0 saturated heterocycles. The van der Waals surface area contributed by atoms with Crippen molar-refractivity contribution in [3.05, 3.63) is 54.1 Å². The zero-order chi connectivity index (χ0) is 19.5. The van der Waals surface area contributed by atoms with E-state index in [-0.39, 0.29) is 15.5 Å². The van der Waals surface area contributed by atoms with Gasteiger partial charge in [-0.15, -0.1) is 0 Å². The van der Waals surface area contributed by atoms with E-state index < -0.39 is 32.5 Å². The molecule has 2 aromatic carbocycles. The first-order chi connectivity index (χ1) is 12.0. The summed E-state index contributed by atoms with van der Waals surface area (Å²) < 4.78 is 80.1. The molecule has 10 heteroatoms. The first-order valence-corrected chi connectivity index (χ1v) is 10.7. The predicted molar refractivity (Wildman–Crippen MR) is 91.4 cm³/mol. The molecule has 0 heterocycles. The monoisotopic (exact) mass is 405 g/mol. The quantitative estimate of drug-likeness (QED) is 0.765. The maximum Gasteiger partial charge on any atom is 0.387 e. The van der Waals surface area contributed by atoms with Crippen molar-refractivity contribution in [2.75, 3.05) is 6.26 Å². The third-order valence-electron chi connectivity index (χ3n) is 3.45. The molecule has 26 heavy (non-hydrogen) atoms. The van der Waals surface area contributed by atoms with E-state index in [4.69, 9.17) is 0 Å². The standard InChI is InChI=1S/C16H17F2NO5S2/c1-11(12-6-5-7-13(10-12)24-16(17)18)19-26(22,23)15-9-4-3-8-14(15)25(2,20)21/h3-11,16,19H,1-2H3. The van der Waals surface area contributed by atoms with Crippen molar-refractivity contribution in [3.63, 3.8) is 0 Å². The third kappa shape index (κ3) is 4.99. The van der Waals surface area contributed by atoms with E-state index in [0.717, 1.165) is 6.26 Å². The summed E-state index contributed by atoms with van der Waals surface area (Å²) in [5.41, 5.74) is 0.378. The Labute approximate surface area is 150 Å². The van der Waals surface area contributed by atoms with Crippen LogP contribution in [0.3, 0.4) is 0 Å². The lowest BCUT2D eigenvalue weighted by Gasteiger charge is -2.17. The van der Waals surface area contributed by atoms with E-state index in [2.05, 4.69) is 9.46 Å². The van der Waals surface area contributed by atoms with Gasteiger partial charge in [0.2, 0.25) is 10.0 Å². The summed E-state index contributed by atoms with van der Waals surface area (Å²) in [7, 11) is -7.94. The van der Waals surface area contributed by atoms with Crippen LogP contribution < -0.4 is 9.46 Å². The lowest BCUT2D eigenvalue weighted by atomic mass is 10.1. The number of nitrogens with one attached hydrogen (secondary N) is 1. The molecule has 2 rings (SSSR count). The van der Waals surface area contributed by atoms with Crippen LogP contribution in [0.15, 0.2) is 58.3 Å². The van der Waals surface area contributed by atoms with E-state index in [9.17, 15) is 25.6 Å². The zero-order valence-corrected chi connectivity index (χ0v) is 15.5. The lowest BCUT2D eigenvalue weighted by Crippen LogP contribution is -2.28. The fourth-order valence-electron chi connectivity index (χ4n) is 2.30. The van der Waals surface area contributed by atoms with Crippen LogP contribution in [0, 0.1) is 0 Å². The van der Waals surface area contributed by atoms with Gasteiger partial charge in [-0.2, -0.15) is 8.78 Å². The summed E-state index contributed by atoms with van der Waals surface area (Å²) in [6.45, 7) is -1.50. The van der Waals surface area contributed by atoms with Crippen LogP contribution >= 0.6 is 0 Å². The average molecular weight is 405 g/mol. The minimum absolute atomic E-state index is 0.111. The number of benzene rings is 2. The fourth-order valence-corrected chi connectivity index (χ4v) is 5.16. The van der Waals surface area contributed by atoms with Gasteiger partial charge in [0.05, 0.1) is 4.90 Å². The van der Waals surface area contributed by atoms with Gasteiger partial charge in [-0.1, -0.05) is 24.3 Å². The lowest BCUT2D eigenvalue weighted by molar-refractivity contribution is -0.0499. The van der Waals surface area contributed by atoms with E-state index in [0.29, 0.717) is 5.56 Å². The van der Waals surface area contributed by atoms with Crippen molar-refractivity contribution in [2.45, 2.75) is 29.4 Å². The highest BCUT2D eigenvalue weighted by Gasteiger charge is 2.25. The smallest absolute Gasteiger partial charge is 0.387 e. The van der Waals surface area contributed by atoms with Gasteiger partial charge < -0.3 is 4.74 Å². The summed E-state index contributed by atoms with van der Waals surface area (Å²) in [4.78, 5) is -0.705. The van der Waals surface area contributed by atoms with Crippen LogP contribution in [0.5, 0.6) is 5.75 Å². The molecule has 1 unspecified atom stereocenters. The summed E-state index contributed by atoms with van der Waals surface area (Å²) in [5, 5.41) is 0. The largest absolute Gasteiger partial charge is 0.435 e. The first kappa shape index (κ1) is 20.3. The number of hydrogen-bond donors (Lipinski definition) is 1.